The fraction of sp³-hybridized carbons (Fsp3) is 0.0476. The fourth-order valence-corrected chi connectivity index (χ4v) is 3.31. The van der Waals surface area contributed by atoms with Gasteiger partial charge < -0.3 is 9.47 Å². The summed E-state index contributed by atoms with van der Waals surface area (Å²) in [5.74, 6) is 2.60. The molecule has 0 amide bonds. The second kappa shape index (κ2) is 6.85. The van der Waals surface area contributed by atoms with E-state index in [1.807, 2.05) is 60.0 Å². The van der Waals surface area contributed by atoms with Crippen molar-refractivity contribution in [2.24, 2.45) is 0 Å². The van der Waals surface area contributed by atoms with Crippen molar-refractivity contribution in [1.82, 2.24) is 0 Å². The van der Waals surface area contributed by atoms with Gasteiger partial charge in [-0.25, -0.2) is 0 Å². The number of hydrogen-bond donors (Lipinski definition) is 0. The van der Waals surface area contributed by atoms with Crippen molar-refractivity contribution in [3.05, 3.63) is 95.4 Å². The summed E-state index contributed by atoms with van der Waals surface area (Å²) in [5.41, 5.74) is 2.24. The van der Waals surface area contributed by atoms with E-state index in [0.717, 1.165) is 33.3 Å². The Hall–Kier alpha value is -2.65. The molecule has 1 heterocycles. The molecule has 1 aliphatic rings. The van der Waals surface area contributed by atoms with E-state index < -0.39 is 0 Å². The van der Waals surface area contributed by atoms with Crippen molar-refractivity contribution < 1.29 is 9.47 Å². The highest BCUT2D eigenvalue weighted by Crippen LogP contribution is 2.41. The molecule has 118 valence electrons. The first kappa shape index (κ1) is 14.9. The quantitative estimate of drug-likeness (QED) is 0.606. The zero-order valence-corrected chi connectivity index (χ0v) is 13.8. The Morgan fingerprint density at radius 3 is 2.38 bits per heavy atom. The molecule has 0 saturated carbocycles. The largest absolute Gasteiger partial charge is 0.489 e. The van der Waals surface area contributed by atoms with E-state index in [1.54, 1.807) is 11.8 Å². The summed E-state index contributed by atoms with van der Waals surface area (Å²) in [5, 5.41) is 2.04. The van der Waals surface area contributed by atoms with Crippen LogP contribution in [0.3, 0.4) is 0 Å². The number of ether oxygens (including phenoxy) is 2. The van der Waals surface area contributed by atoms with Gasteiger partial charge in [0.2, 0.25) is 0 Å². The van der Waals surface area contributed by atoms with Crippen LogP contribution in [-0.4, -0.2) is 0 Å². The molecule has 0 atom stereocenters. The van der Waals surface area contributed by atoms with Crippen LogP contribution in [0.2, 0.25) is 0 Å². The van der Waals surface area contributed by atoms with E-state index in [9.17, 15) is 0 Å². The van der Waals surface area contributed by atoms with Gasteiger partial charge in [-0.05, 0) is 23.8 Å². The van der Waals surface area contributed by atoms with Crippen LogP contribution in [0.25, 0.3) is 5.76 Å². The summed E-state index contributed by atoms with van der Waals surface area (Å²) in [4.78, 5) is 1.07. The molecule has 2 nitrogen and oxygen atoms in total. The van der Waals surface area contributed by atoms with Crippen molar-refractivity contribution in [1.29, 1.82) is 0 Å². The summed E-state index contributed by atoms with van der Waals surface area (Å²) in [7, 11) is 0. The maximum atomic E-state index is 6.02. The minimum absolute atomic E-state index is 0.566. The van der Waals surface area contributed by atoms with Gasteiger partial charge >= 0.3 is 0 Å². The van der Waals surface area contributed by atoms with Crippen LogP contribution < -0.4 is 9.47 Å². The molecule has 24 heavy (non-hydrogen) atoms. The average molecular weight is 332 g/mol. The second-order valence-corrected chi connectivity index (χ2v) is 6.36. The molecule has 0 bridgehead atoms. The maximum absolute atomic E-state index is 6.02. The number of thioether (sulfide) groups is 1. The third kappa shape index (κ3) is 3.31. The Morgan fingerprint density at radius 1 is 0.833 bits per heavy atom. The Kier molecular flexibility index (Phi) is 4.26. The number of hydrogen-bond acceptors (Lipinski definition) is 3. The minimum Gasteiger partial charge on any atom is -0.489 e. The SMILES string of the molecule is C1=C(c2ccccc2)Oc2ccc(OCc3ccccc3)cc2S1. The molecule has 0 aromatic heterocycles. The smallest absolute Gasteiger partial charge is 0.141 e. The van der Waals surface area contributed by atoms with E-state index in [-0.39, 0.29) is 0 Å². The number of fused-ring (bicyclic) bond motifs is 1. The van der Waals surface area contributed by atoms with Crippen LogP contribution in [0.15, 0.2) is 89.2 Å². The lowest BCUT2D eigenvalue weighted by Gasteiger charge is -2.18. The lowest BCUT2D eigenvalue weighted by Crippen LogP contribution is -2.00. The maximum Gasteiger partial charge on any atom is 0.141 e. The van der Waals surface area contributed by atoms with E-state index in [2.05, 4.69) is 24.3 Å². The molecule has 3 heteroatoms. The molecule has 0 radical (unpaired) electrons. The molecular formula is C21H16O2S. The highest BCUT2D eigenvalue weighted by atomic mass is 32.2. The zero-order valence-electron chi connectivity index (χ0n) is 13.0. The summed E-state index contributed by atoms with van der Waals surface area (Å²) < 4.78 is 11.9. The van der Waals surface area contributed by atoms with Crippen molar-refractivity contribution in [2.75, 3.05) is 0 Å². The molecule has 1 aliphatic heterocycles. The third-order valence-corrected chi connectivity index (χ3v) is 4.64. The van der Waals surface area contributed by atoms with E-state index in [4.69, 9.17) is 9.47 Å². The Bertz CT molecular complexity index is 858. The predicted molar refractivity (Wildman–Crippen MR) is 98.1 cm³/mol. The van der Waals surface area contributed by atoms with Crippen molar-refractivity contribution in [2.45, 2.75) is 11.5 Å². The molecule has 0 saturated heterocycles. The number of benzene rings is 3. The molecule has 3 aromatic rings. The highest BCUT2D eigenvalue weighted by molar-refractivity contribution is 8.02. The van der Waals surface area contributed by atoms with Gasteiger partial charge in [-0.15, -0.1) is 0 Å². The summed E-state index contributed by atoms with van der Waals surface area (Å²) in [6, 6.07) is 26.3. The van der Waals surface area contributed by atoms with Crippen LogP contribution in [0.5, 0.6) is 11.5 Å². The summed E-state index contributed by atoms with van der Waals surface area (Å²) in [6.45, 7) is 0.566. The molecule has 3 aromatic carbocycles. The highest BCUT2D eigenvalue weighted by Gasteiger charge is 2.15. The van der Waals surface area contributed by atoms with Gasteiger partial charge in [0, 0.05) is 11.0 Å². The molecule has 0 unspecified atom stereocenters. The topological polar surface area (TPSA) is 18.5 Å². The Morgan fingerprint density at radius 2 is 1.58 bits per heavy atom. The van der Waals surface area contributed by atoms with Gasteiger partial charge in [-0.1, -0.05) is 72.4 Å². The summed E-state index contributed by atoms with van der Waals surface area (Å²) >= 11 is 1.66. The monoisotopic (exact) mass is 332 g/mol. The molecule has 4 rings (SSSR count). The summed E-state index contributed by atoms with van der Waals surface area (Å²) in [6.07, 6.45) is 0. The first-order valence-corrected chi connectivity index (χ1v) is 8.67. The molecule has 0 N–H and O–H groups in total. The predicted octanol–water partition coefficient (Wildman–Crippen LogP) is 5.75. The zero-order chi connectivity index (χ0) is 16.2. The van der Waals surface area contributed by atoms with Gasteiger partial charge in [-0.3, -0.25) is 0 Å². The van der Waals surface area contributed by atoms with Gasteiger partial charge in [0.05, 0.1) is 4.90 Å². The first-order valence-electron chi connectivity index (χ1n) is 7.79. The van der Waals surface area contributed by atoms with Crippen LogP contribution >= 0.6 is 11.8 Å². The molecule has 0 fully saturated rings. The second-order valence-electron chi connectivity index (χ2n) is 5.45. The van der Waals surface area contributed by atoms with Gasteiger partial charge in [0.15, 0.2) is 0 Å². The standard InChI is InChI=1S/C21H16O2S/c1-3-7-16(8-4-1)14-22-18-11-12-19-21(13-18)24-15-20(23-19)17-9-5-2-6-10-17/h1-13,15H,14H2. The van der Waals surface area contributed by atoms with Crippen LogP contribution in [0.1, 0.15) is 11.1 Å². The van der Waals surface area contributed by atoms with Crippen LogP contribution in [0.4, 0.5) is 0 Å². The minimum atomic E-state index is 0.566. The molecule has 0 spiro atoms. The average Bonchev–Trinajstić information content (AvgIpc) is 2.67. The van der Waals surface area contributed by atoms with E-state index >= 15 is 0 Å². The van der Waals surface area contributed by atoms with Crippen LogP contribution in [-0.2, 0) is 6.61 Å². The van der Waals surface area contributed by atoms with Crippen molar-refractivity contribution in [3.63, 3.8) is 0 Å². The van der Waals surface area contributed by atoms with E-state index in [1.165, 1.54) is 0 Å². The molecular weight excluding hydrogens is 316 g/mol. The Labute approximate surface area is 145 Å². The van der Waals surface area contributed by atoms with Crippen molar-refractivity contribution >= 4 is 17.5 Å². The van der Waals surface area contributed by atoms with Gasteiger partial charge in [0.25, 0.3) is 0 Å². The fourth-order valence-electron chi connectivity index (χ4n) is 2.48. The normalized spacial score (nSPS) is 12.8. The third-order valence-electron chi connectivity index (χ3n) is 3.73. The lowest BCUT2D eigenvalue weighted by atomic mass is 10.2. The van der Waals surface area contributed by atoms with Gasteiger partial charge in [-0.2, -0.15) is 0 Å². The van der Waals surface area contributed by atoms with Gasteiger partial charge in [0.1, 0.15) is 23.9 Å². The lowest BCUT2D eigenvalue weighted by molar-refractivity contribution is 0.305. The van der Waals surface area contributed by atoms with E-state index in [0.29, 0.717) is 6.61 Å². The number of rotatable bonds is 4. The van der Waals surface area contributed by atoms with Crippen molar-refractivity contribution in [3.8, 4) is 11.5 Å². The van der Waals surface area contributed by atoms with Crippen LogP contribution in [0, 0.1) is 0 Å². The first-order chi connectivity index (χ1) is 11.9. The Balaban J connectivity index is 1.48. The molecule has 0 aliphatic carbocycles.